The van der Waals surface area contributed by atoms with Gasteiger partial charge in [-0.25, -0.2) is 9.59 Å². The normalized spacial score (nSPS) is 24.5. The summed E-state index contributed by atoms with van der Waals surface area (Å²) in [5.41, 5.74) is -2.31. The first-order valence-corrected chi connectivity index (χ1v) is 8.55. The molecule has 2 N–H and O–H groups in total. The number of alkyl carbamates (subject to hydrolysis) is 1. The molecule has 144 valence electrons. The van der Waals surface area contributed by atoms with Crippen molar-refractivity contribution in [3.05, 3.63) is 12.2 Å². The predicted octanol–water partition coefficient (Wildman–Crippen LogP) is 2.83. The van der Waals surface area contributed by atoms with E-state index in [1.54, 1.807) is 41.5 Å². The third-order valence-electron chi connectivity index (χ3n) is 3.58. The Morgan fingerprint density at radius 2 is 1.76 bits per heavy atom. The van der Waals surface area contributed by atoms with Crippen LogP contribution >= 0.6 is 0 Å². The van der Waals surface area contributed by atoms with Crippen molar-refractivity contribution in [3.8, 4) is 0 Å². The van der Waals surface area contributed by atoms with E-state index in [0.29, 0.717) is 6.42 Å². The van der Waals surface area contributed by atoms with Gasteiger partial charge in [0.15, 0.2) is 0 Å². The van der Waals surface area contributed by atoms with Gasteiger partial charge in [-0.3, -0.25) is 4.90 Å². The van der Waals surface area contributed by atoms with Crippen LogP contribution in [0.15, 0.2) is 12.2 Å². The second-order valence-electron chi connectivity index (χ2n) is 8.55. The molecule has 1 heterocycles. The summed E-state index contributed by atoms with van der Waals surface area (Å²) in [6.45, 7) is 12.3. The zero-order chi connectivity index (χ0) is 19.5. The van der Waals surface area contributed by atoms with Gasteiger partial charge >= 0.3 is 12.2 Å². The lowest BCUT2D eigenvalue weighted by Crippen LogP contribution is -2.60. The highest BCUT2D eigenvalue weighted by Crippen LogP contribution is 2.23. The topological polar surface area (TPSA) is 88.1 Å². The van der Waals surface area contributed by atoms with E-state index < -0.39 is 28.9 Å². The third-order valence-corrected chi connectivity index (χ3v) is 3.58. The standard InChI is InChI=1S/C18H32N2O5/c1-13-9-8-10-18(12-21,19-14(22)24-16(2,3)4)11-20(13)15(23)25-17(5,6)7/h8-9,13,21H,10-12H2,1-7H3,(H,19,22)/t13-,18-/m0/s1. The van der Waals surface area contributed by atoms with E-state index in [-0.39, 0.29) is 19.2 Å². The summed E-state index contributed by atoms with van der Waals surface area (Å²) < 4.78 is 10.7. The second kappa shape index (κ2) is 7.64. The second-order valence-corrected chi connectivity index (χ2v) is 8.55. The van der Waals surface area contributed by atoms with Crippen LogP contribution in [-0.2, 0) is 9.47 Å². The number of hydrogen-bond donors (Lipinski definition) is 2. The van der Waals surface area contributed by atoms with E-state index in [2.05, 4.69) is 5.32 Å². The molecule has 0 saturated heterocycles. The molecule has 0 aromatic heterocycles. The first-order valence-electron chi connectivity index (χ1n) is 8.55. The number of ether oxygens (including phenoxy) is 2. The zero-order valence-corrected chi connectivity index (χ0v) is 16.4. The Balaban J connectivity index is 2.98. The molecule has 0 aromatic rings. The van der Waals surface area contributed by atoms with Crippen LogP contribution in [0.2, 0.25) is 0 Å². The largest absolute Gasteiger partial charge is 0.444 e. The summed E-state index contributed by atoms with van der Waals surface area (Å²) in [4.78, 5) is 26.2. The van der Waals surface area contributed by atoms with Crippen LogP contribution in [0, 0.1) is 0 Å². The molecule has 25 heavy (non-hydrogen) atoms. The van der Waals surface area contributed by atoms with Gasteiger partial charge in [-0.05, 0) is 54.9 Å². The van der Waals surface area contributed by atoms with Crippen molar-refractivity contribution in [2.24, 2.45) is 0 Å². The number of nitrogens with zero attached hydrogens (tertiary/aromatic N) is 1. The van der Waals surface area contributed by atoms with Crippen molar-refractivity contribution < 1.29 is 24.2 Å². The first kappa shape index (κ1) is 21.3. The molecule has 0 bridgehead atoms. The maximum atomic E-state index is 12.5. The minimum Gasteiger partial charge on any atom is -0.444 e. The molecule has 1 aliphatic rings. The highest BCUT2D eigenvalue weighted by molar-refractivity contribution is 5.71. The van der Waals surface area contributed by atoms with E-state index in [1.807, 2.05) is 19.1 Å². The van der Waals surface area contributed by atoms with Gasteiger partial charge in [0.2, 0.25) is 0 Å². The smallest absolute Gasteiger partial charge is 0.410 e. The van der Waals surface area contributed by atoms with E-state index in [4.69, 9.17) is 9.47 Å². The molecular formula is C18H32N2O5. The minimum absolute atomic E-state index is 0.117. The Morgan fingerprint density at radius 3 is 2.24 bits per heavy atom. The van der Waals surface area contributed by atoms with Crippen LogP contribution in [-0.4, -0.2) is 58.1 Å². The molecule has 0 spiro atoms. The van der Waals surface area contributed by atoms with Gasteiger partial charge in [-0.2, -0.15) is 0 Å². The fourth-order valence-electron chi connectivity index (χ4n) is 2.45. The molecule has 2 atom stereocenters. The van der Waals surface area contributed by atoms with Gasteiger partial charge in [0, 0.05) is 0 Å². The minimum atomic E-state index is -1.03. The maximum Gasteiger partial charge on any atom is 0.410 e. The van der Waals surface area contributed by atoms with Gasteiger partial charge in [0.25, 0.3) is 0 Å². The molecule has 7 heteroatoms. The Kier molecular flexibility index (Phi) is 6.50. The first-order chi connectivity index (χ1) is 11.3. The lowest BCUT2D eigenvalue weighted by Gasteiger charge is -2.38. The molecule has 0 aliphatic carbocycles. The lowest BCUT2D eigenvalue weighted by molar-refractivity contribution is 0.00677. The van der Waals surface area contributed by atoms with Crippen molar-refractivity contribution in [3.63, 3.8) is 0 Å². The summed E-state index contributed by atoms with van der Waals surface area (Å²) >= 11 is 0. The fourth-order valence-corrected chi connectivity index (χ4v) is 2.45. The molecule has 0 radical (unpaired) electrons. The molecule has 7 nitrogen and oxygen atoms in total. The van der Waals surface area contributed by atoms with Crippen LogP contribution in [0.4, 0.5) is 9.59 Å². The molecule has 0 fully saturated rings. The molecular weight excluding hydrogens is 324 g/mol. The Labute approximate surface area is 150 Å². The van der Waals surface area contributed by atoms with E-state index in [1.165, 1.54) is 4.90 Å². The molecule has 1 rings (SSSR count). The van der Waals surface area contributed by atoms with E-state index >= 15 is 0 Å². The van der Waals surface area contributed by atoms with E-state index in [9.17, 15) is 14.7 Å². The fraction of sp³-hybridized carbons (Fsp3) is 0.778. The Morgan fingerprint density at radius 1 is 1.20 bits per heavy atom. The van der Waals surface area contributed by atoms with Crippen LogP contribution in [0.1, 0.15) is 54.9 Å². The van der Waals surface area contributed by atoms with Crippen molar-refractivity contribution >= 4 is 12.2 Å². The summed E-state index contributed by atoms with van der Waals surface area (Å²) in [5, 5.41) is 12.7. The molecule has 0 unspecified atom stereocenters. The maximum absolute atomic E-state index is 12.5. The summed E-state index contributed by atoms with van der Waals surface area (Å²) in [6, 6.07) is -0.219. The summed E-state index contributed by atoms with van der Waals surface area (Å²) in [7, 11) is 0. The number of aliphatic hydroxyl groups excluding tert-OH is 1. The number of carbonyl (C=O) groups excluding carboxylic acids is 2. The predicted molar refractivity (Wildman–Crippen MR) is 95.3 cm³/mol. The van der Waals surface area contributed by atoms with Gasteiger partial charge in [-0.15, -0.1) is 0 Å². The van der Waals surface area contributed by atoms with Crippen LogP contribution in [0.3, 0.4) is 0 Å². The van der Waals surface area contributed by atoms with Crippen molar-refractivity contribution in [2.75, 3.05) is 13.2 Å². The number of aliphatic hydroxyl groups is 1. The highest BCUT2D eigenvalue weighted by Gasteiger charge is 2.39. The van der Waals surface area contributed by atoms with Crippen molar-refractivity contribution in [1.82, 2.24) is 10.2 Å². The van der Waals surface area contributed by atoms with Gasteiger partial charge < -0.3 is 19.9 Å². The number of nitrogens with one attached hydrogen (secondary N) is 1. The highest BCUT2D eigenvalue weighted by atomic mass is 16.6. The van der Waals surface area contributed by atoms with E-state index in [0.717, 1.165) is 0 Å². The zero-order valence-electron chi connectivity index (χ0n) is 16.4. The molecule has 0 saturated carbocycles. The SMILES string of the molecule is C[C@H]1C=CC[C@](CO)(NC(=O)OC(C)(C)C)CN1C(=O)OC(C)(C)C. The van der Waals surface area contributed by atoms with Crippen LogP contribution in [0.25, 0.3) is 0 Å². The average Bonchev–Trinajstić information content (AvgIpc) is 2.55. The number of amides is 2. The lowest BCUT2D eigenvalue weighted by atomic mass is 9.96. The molecule has 1 aliphatic heterocycles. The Bertz CT molecular complexity index is 519. The number of hydrogen-bond acceptors (Lipinski definition) is 5. The van der Waals surface area contributed by atoms with Crippen molar-refractivity contribution in [2.45, 2.75) is 77.7 Å². The Hall–Kier alpha value is -1.76. The van der Waals surface area contributed by atoms with Crippen LogP contribution < -0.4 is 5.32 Å². The summed E-state index contributed by atoms with van der Waals surface area (Å²) in [5.74, 6) is 0. The number of carbonyl (C=O) groups is 2. The van der Waals surface area contributed by atoms with Gasteiger partial charge in [-0.1, -0.05) is 12.2 Å². The summed E-state index contributed by atoms with van der Waals surface area (Å²) in [6.07, 6.45) is 2.97. The third kappa shape index (κ3) is 6.94. The molecule has 0 aromatic carbocycles. The van der Waals surface area contributed by atoms with Crippen LogP contribution in [0.5, 0.6) is 0 Å². The quantitative estimate of drug-likeness (QED) is 0.743. The van der Waals surface area contributed by atoms with Gasteiger partial charge in [0.05, 0.1) is 24.7 Å². The monoisotopic (exact) mass is 356 g/mol. The average molecular weight is 356 g/mol. The van der Waals surface area contributed by atoms with Gasteiger partial charge in [0.1, 0.15) is 11.2 Å². The molecule has 2 amide bonds. The number of rotatable bonds is 2. The van der Waals surface area contributed by atoms with Crippen molar-refractivity contribution in [1.29, 1.82) is 0 Å².